The summed E-state index contributed by atoms with van der Waals surface area (Å²) in [6.45, 7) is 4.60. The van der Waals surface area contributed by atoms with Gasteiger partial charge in [0.1, 0.15) is 38.8 Å². The Hall–Kier alpha value is -5.34. The van der Waals surface area contributed by atoms with Gasteiger partial charge in [-0.2, -0.15) is 0 Å². The molecule has 0 aliphatic rings. The highest BCUT2D eigenvalue weighted by Gasteiger charge is 2.22. The van der Waals surface area contributed by atoms with Crippen LogP contribution in [0, 0.1) is 5.92 Å². The average Bonchev–Trinajstić information content (AvgIpc) is 3.60. The molecule has 0 spiro atoms. The van der Waals surface area contributed by atoms with Crippen molar-refractivity contribution in [1.29, 1.82) is 0 Å². The summed E-state index contributed by atoms with van der Waals surface area (Å²) in [4.78, 5) is 118. The van der Waals surface area contributed by atoms with E-state index < -0.39 is 29.8 Å². The highest BCUT2D eigenvalue weighted by Crippen LogP contribution is 2.17. The van der Waals surface area contributed by atoms with Gasteiger partial charge in [0.25, 0.3) is 0 Å². The Morgan fingerprint density at radius 2 is 0.629 bits per heavy atom. The van der Waals surface area contributed by atoms with E-state index in [9.17, 15) is 53.1 Å². The summed E-state index contributed by atoms with van der Waals surface area (Å²) >= 11 is 0. The minimum atomic E-state index is -1.08. The summed E-state index contributed by atoms with van der Waals surface area (Å²) in [6, 6.07) is -0.680. The molecule has 516 valence electrons. The molecule has 0 aromatic carbocycles. The third-order valence-electron chi connectivity index (χ3n) is 13.1. The second-order valence-corrected chi connectivity index (χ2v) is 20.9. The molecule has 2 atom stereocenters. The van der Waals surface area contributed by atoms with Crippen molar-refractivity contribution in [2.75, 3.05) is 171 Å². The summed E-state index contributed by atoms with van der Waals surface area (Å²) in [5.41, 5.74) is 5.25. The van der Waals surface area contributed by atoms with Crippen LogP contribution in [0.4, 0.5) is 0 Å². The quantitative estimate of drug-likeness (QED) is 0.0388. The molecule has 0 unspecified atom stereocenters. The number of hydrogen-bond acceptors (Lipinski definition) is 21. The maximum atomic E-state index is 12.5. The molecule has 0 aliphatic heterocycles. The predicted molar refractivity (Wildman–Crippen MR) is 326 cm³/mol. The number of rotatable bonds is 68. The molecule has 29 nitrogen and oxygen atoms in total. The van der Waals surface area contributed by atoms with Gasteiger partial charge < -0.3 is 95.2 Å². The van der Waals surface area contributed by atoms with Crippen LogP contribution in [0.5, 0.6) is 0 Å². The summed E-state index contributed by atoms with van der Waals surface area (Å²) in [7, 11) is 0. The number of nitrogens with two attached hydrogens (primary N) is 1. The molecule has 0 saturated heterocycles. The number of carbonyl (C=O) groups excluding carboxylic acids is 8. The number of carboxylic acids is 2. The van der Waals surface area contributed by atoms with Gasteiger partial charge >= 0.3 is 11.9 Å². The van der Waals surface area contributed by atoms with Crippen molar-refractivity contribution < 1.29 is 106 Å². The molecule has 0 aromatic heterocycles. The monoisotopic (exact) mass is 1280 g/mol. The molecule has 0 bridgehead atoms. The van der Waals surface area contributed by atoms with Crippen LogP contribution >= 0.6 is 0 Å². The third-order valence-corrected chi connectivity index (χ3v) is 13.1. The predicted octanol–water partition coefficient (Wildman–Crippen LogP) is 1.31. The number of aliphatic carboxylic acids is 2. The van der Waals surface area contributed by atoms with Crippen LogP contribution in [0.15, 0.2) is 0 Å². The lowest BCUT2D eigenvalue weighted by Gasteiger charge is -2.12. The number of carboxylic acid groups (broad SMARTS) is 2. The lowest BCUT2D eigenvalue weighted by atomic mass is 9.94. The van der Waals surface area contributed by atoms with Crippen molar-refractivity contribution in [3.05, 3.63) is 0 Å². The van der Waals surface area contributed by atoms with Crippen LogP contribution in [0.2, 0.25) is 0 Å². The Morgan fingerprint density at radius 1 is 0.348 bits per heavy atom. The Labute approximate surface area is 525 Å². The molecule has 6 amide bonds. The van der Waals surface area contributed by atoms with Crippen LogP contribution in [-0.4, -0.2) is 247 Å². The standard InChI is InChI=1S/C60H109N7O22/c1-49(52(69)43-61)67-58(75)48-89-41-36-84-31-26-66-57(74)47-88-40-35-83-30-25-65-56(73)46-87-39-34-82-29-24-64-55(72)45-86-38-33-81-28-23-63-54(71)44-85-37-32-80-27-22-62-53(70)21-20-50(60(78)79)42-51(68)18-16-14-12-10-8-6-4-2-3-5-7-9-11-13-15-17-19-59(76)77/h49-50H,2-48,61H2,1H3,(H,62,70)(H,63,71)(H,64,72)(H,65,73)(H,66,74)(H,67,75)(H,76,77)(H,78,79)/t49-,50+/m0/s1. The molecule has 0 radical (unpaired) electrons. The van der Waals surface area contributed by atoms with E-state index in [1.807, 2.05) is 0 Å². The molecular formula is C60H109N7O22. The van der Waals surface area contributed by atoms with Gasteiger partial charge in [-0.3, -0.25) is 47.9 Å². The Morgan fingerprint density at radius 3 is 0.933 bits per heavy atom. The summed E-state index contributed by atoms with van der Waals surface area (Å²) < 4.78 is 53.2. The molecule has 0 heterocycles. The number of Topliss-reactive ketones (excluding diaryl/α,β-unsaturated/α-hetero) is 2. The Balaban J connectivity index is 3.56. The number of ketones is 2. The lowest BCUT2D eigenvalue weighted by Crippen LogP contribution is -2.42. The summed E-state index contributed by atoms with van der Waals surface area (Å²) in [6.07, 6.45) is 18.5. The molecule has 0 aromatic rings. The smallest absolute Gasteiger partial charge is 0.306 e. The average molecular weight is 1280 g/mol. The van der Waals surface area contributed by atoms with Crippen LogP contribution in [0.1, 0.15) is 142 Å². The third kappa shape index (κ3) is 61.3. The van der Waals surface area contributed by atoms with Gasteiger partial charge in [0, 0.05) is 58.4 Å². The van der Waals surface area contributed by atoms with E-state index in [2.05, 4.69) is 31.9 Å². The summed E-state index contributed by atoms with van der Waals surface area (Å²) in [5.74, 6) is -5.18. The molecule has 0 rings (SSSR count). The van der Waals surface area contributed by atoms with Gasteiger partial charge in [-0.05, 0) is 26.2 Å². The van der Waals surface area contributed by atoms with Crippen molar-refractivity contribution in [2.24, 2.45) is 11.7 Å². The van der Waals surface area contributed by atoms with E-state index in [4.69, 9.17) is 58.2 Å². The van der Waals surface area contributed by atoms with Crippen molar-refractivity contribution in [1.82, 2.24) is 31.9 Å². The van der Waals surface area contributed by atoms with E-state index in [0.29, 0.717) is 6.42 Å². The normalized spacial score (nSPS) is 11.8. The lowest BCUT2D eigenvalue weighted by molar-refractivity contribution is -0.144. The van der Waals surface area contributed by atoms with Crippen molar-refractivity contribution in [2.45, 2.75) is 148 Å². The topological polar surface area (TPSA) is 402 Å². The van der Waals surface area contributed by atoms with Gasteiger partial charge in [-0.1, -0.05) is 89.9 Å². The minimum Gasteiger partial charge on any atom is -0.481 e. The molecule has 29 heteroatoms. The fourth-order valence-electron chi connectivity index (χ4n) is 8.14. The van der Waals surface area contributed by atoms with Crippen molar-refractivity contribution in [3.63, 3.8) is 0 Å². The number of amides is 6. The second kappa shape index (κ2) is 62.8. The number of nitrogens with one attached hydrogen (secondary N) is 6. The first kappa shape index (κ1) is 83.7. The first-order chi connectivity index (χ1) is 43.1. The molecule has 89 heavy (non-hydrogen) atoms. The van der Waals surface area contributed by atoms with Crippen LogP contribution in [0.25, 0.3) is 0 Å². The van der Waals surface area contributed by atoms with Crippen molar-refractivity contribution in [3.8, 4) is 0 Å². The number of hydrogen-bond donors (Lipinski definition) is 9. The highest BCUT2D eigenvalue weighted by atomic mass is 16.5. The van der Waals surface area contributed by atoms with E-state index >= 15 is 0 Å². The molecule has 0 aliphatic carbocycles. The molecular weight excluding hydrogens is 1170 g/mol. The minimum absolute atomic E-state index is 0.0182. The van der Waals surface area contributed by atoms with Gasteiger partial charge in [0.15, 0.2) is 5.78 Å². The first-order valence-electron chi connectivity index (χ1n) is 31.7. The number of unbranched alkanes of at least 4 members (excludes halogenated alkanes) is 15. The molecule has 10 N–H and O–H groups in total. The van der Waals surface area contributed by atoms with E-state index in [-0.39, 0.29) is 238 Å². The maximum absolute atomic E-state index is 12.5. The second-order valence-electron chi connectivity index (χ2n) is 20.9. The Kier molecular flexibility index (Phi) is 59.1. The maximum Gasteiger partial charge on any atom is 0.306 e. The number of carbonyl (C=O) groups is 10. The van der Waals surface area contributed by atoms with Gasteiger partial charge in [0.05, 0.1) is 118 Å². The van der Waals surface area contributed by atoms with Gasteiger partial charge in [0.2, 0.25) is 35.4 Å². The van der Waals surface area contributed by atoms with Crippen molar-refractivity contribution >= 4 is 58.9 Å². The highest BCUT2D eigenvalue weighted by molar-refractivity contribution is 5.90. The van der Waals surface area contributed by atoms with Gasteiger partial charge in [-0.15, -0.1) is 0 Å². The van der Waals surface area contributed by atoms with Gasteiger partial charge in [-0.25, -0.2) is 0 Å². The zero-order valence-corrected chi connectivity index (χ0v) is 53.0. The zero-order chi connectivity index (χ0) is 65.5. The molecule has 0 fully saturated rings. The van der Waals surface area contributed by atoms with E-state index in [0.717, 1.165) is 44.9 Å². The fraction of sp³-hybridized carbons (Fsp3) is 0.833. The van der Waals surface area contributed by atoms with Crippen LogP contribution in [0.3, 0.4) is 0 Å². The molecule has 0 saturated carbocycles. The Bertz CT molecular complexity index is 1870. The van der Waals surface area contributed by atoms with Crippen LogP contribution in [-0.2, 0) is 95.3 Å². The largest absolute Gasteiger partial charge is 0.481 e. The first-order valence-corrected chi connectivity index (χ1v) is 31.7. The van der Waals surface area contributed by atoms with Crippen LogP contribution < -0.4 is 37.6 Å². The zero-order valence-electron chi connectivity index (χ0n) is 53.0. The summed E-state index contributed by atoms with van der Waals surface area (Å²) in [5, 5.41) is 34.1. The van der Waals surface area contributed by atoms with E-state index in [1.54, 1.807) is 6.92 Å². The van der Waals surface area contributed by atoms with E-state index in [1.165, 1.54) is 57.8 Å². The number of ether oxygens (including phenoxy) is 10. The SMILES string of the molecule is C[C@H](NC(=O)COCCOCCNC(=O)COCCOCCNC(=O)COCCOCCNC(=O)COCCOCCNC(=O)COCCOCCNC(=O)CC[C@H](CC(=O)CCCCCCCCCCCCCCCCCCC(=O)O)C(=O)O)C(=O)CN. The fourth-order valence-corrected chi connectivity index (χ4v) is 8.14.